The summed E-state index contributed by atoms with van der Waals surface area (Å²) < 4.78 is 0. The maximum atomic E-state index is 11.6. The fourth-order valence-corrected chi connectivity index (χ4v) is 1.91. The van der Waals surface area contributed by atoms with E-state index < -0.39 is 0 Å². The monoisotopic (exact) mass is 236 g/mol. The van der Waals surface area contributed by atoms with E-state index in [0.29, 0.717) is 12.5 Å². The zero-order valence-electron chi connectivity index (χ0n) is 9.53. The van der Waals surface area contributed by atoms with Crippen molar-refractivity contribution >= 4 is 5.91 Å². The van der Waals surface area contributed by atoms with Gasteiger partial charge in [-0.25, -0.2) is 5.10 Å². The van der Waals surface area contributed by atoms with E-state index in [1.54, 1.807) is 0 Å². The number of amides is 1. The number of nitrogens with zero attached hydrogens (tertiary/aromatic N) is 1. The van der Waals surface area contributed by atoms with Gasteiger partial charge in [-0.2, -0.15) is 5.10 Å². The van der Waals surface area contributed by atoms with Crippen molar-refractivity contribution in [3.8, 4) is 0 Å². The highest BCUT2D eigenvalue weighted by Gasteiger charge is 2.14. The van der Waals surface area contributed by atoms with Crippen LogP contribution in [0.3, 0.4) is 0 Å². The van der Waals surface area contributed by atoms with Crippen LogP contribution in [-0.2, 0) is 0 Å². The minimum Gasteiger partial charge on any atom is -0.351 e. The van der Waals surface area contributed by atoms with Crippen LogP contribution in [0.4, 0.5) is 0 Å². The Hall–Kier alpha value is -1.69. The van der Waals surface area contributed by atoms with Crippen LogP contribution in [-0.4, -0.2) is 35.7 Å². The number of hydrogen-bond donors (Lipinski definition) is 3. The van der Waals surface area contributed by atoms with Gasteiger partial charge in [0.1, 0.15) is 5.69 Å². The summed E-state index contributed by atoms with van der Waals surface area (Å²) in [5.41, 5.74) is -0.0623. The van der Waals surface area contributed by atoms with Crippen LogP contribution in [0.5, 0.6) is 0 Å². The molecule has 1 saturated heterocycles. The fourth-order valence-electron chi connectivity index (χ4n) is 1.91. The molecule has 0 spiro atoms. The summed E-state index contributed by atoms with van der Waals surface area (Å²) in [6, 6.07) is 2.72. The third-order valence-electron chi connectivity index (χ3n) is 2.91. The van der Waals surface area contributed by atoms with Crippen LogP contribution in [0.1, 0.15) is 23.3 Å². The molecule has 17 heavy (non-hydrogen) atoms. The van der Waals surface area contributed by atoms with Crippen molar-refractivity contribution in [3.63, 3.8) is 0 Å². The number of rotatable bonds is 4. The molecule has 1 unspecified atom stereocenters. The van der Waals surface area contributed by atoms with Crippen LogP contribution in [0.2, 0.25) is 0 Å². The van der Waals surface area contributed by atoms with Crippen LogP contribution < -0.4 is 16.2 Å². The molecule has 1 aliphatic rings. The first kappa shape index (κ1) is 11.8. The van der Waals surface area contributed by atoms with Crippen molar-refractivity contribution in [2.24, 2.45) is 5.92 Å². The fraction of sp³-hybridized carbons (Fsp3) is 0.545. The van der Waals surface area contributed by atoms with Crippen molar-refractivity contribution in [2.45, 2.75) is 12.8 Å². The van der Waals surface area contributed by atoms with Crippen LogP contribution in [0, 0.1) is 5.92 Å². The van der Waals surface area contributed by atoms with Gasteiger partial charge < -0.3 is 10.6 Å². The second-order valence-corrected chi connectivity index (χ2v) is 4.21. The molecule has 2 rings (SSSR count). The van der Waals surface area contributed by atoms with Gasteiger partial charge in [-0.3, -0.25) is 9.59 Å². The molecule has 6 heteroatoms. The van der Waals surface area contributed by atoms with Crippen molar-refractivity contribution in [2.75, 3.05) is 19.6 Å². The predicted octanol–water partition coefficient (Wildman–Crippen LogP) is -0.501. The van der Waals surface area contributed by atoms with Gasteiger partial charge in [-0.15, -0.1) is 0 Å². The van der Waals surface area contributed by atoms with Crippen LogP contribution >= 0.6 is 0 Å². The molecular formula is C11H16N4O2. The molecule has 0 radical (unpaired) electrons. The van der Waals surface area contributed by atoms with Crippen molar-refractivity contribution in [1.29, 1.82) is 0 Å². The highest BCUT2D eigenvalue weighted by Crippen LogP contribution is 2.10. The minimum atomic E-state index is -0.307. The van der Waals surface area contributed by atoms with E-state index in [2.05, 4.69) is 20.8 Å². The number of carbonyl (C=O) groups is 1. The molecular weight excluding hydrogens is 220 g/mol. The van der Waals surface area contributed by atoms with E-state index in [1.165, 1.54) is 18.6 Å². The Bertz CT molecular complexity index is 417. The molecule has 3 N–H and O–H groups in total. The van der Waals surface area contributed by atoms with Crippen molar-refractivity contribution in [3.05, 3.63) is 28.2 Å². The molecule has 1 aliphatic heterocycles. The number of H-pyrrole nitrogens is 1. The third-order valence-corrected chi connectivity index (χ3v) is 2.91. The molecule has 0 bridgehead atoms. The molecule has 1 amide bonds. The molecule has 6 nitrogen and oxygen atoms in total. The SMILES string of the molecule is O=C(NCCC1CCNC1)c1ccc(=O)[nH]n1. The molecule has 1 fully saturated rings. The zero-order chi connectivity index (χ0) is 12.1. The lowest BCUT2D eigenvalue weighted by molar-refractivity contribution is 0.0945. The lowest BCUT2D eigenvalue weighted by atomic mass is 10.1. The Balaban J connectivity index is 1.76. The summed E-state index contributed by atoms with van der Waals surface area (Å²) in [7, 11) is 0. The summed E-state index contributed by atoms with van der Waals surface area (Å²) in [5, 5.41) is 12.0. The van der Waals surface area contributed by atoms with Gasteiger partial charge in [0, 0.05) is 12.6 Å². The van der Waals surface area contributed by atoms with E-state index in [9.17, 15) is 9.59 Å². The molecule has 1 atom stereocenters. The molecule has 1 aromatic heterocycles. The van der Waals surface area contributed by atoms with Gasteiger partial charge in [-0.1, -0.05) is 0 Å². The number of aromatic amines is 1. The zero-order valence-corrected chi connectivity index (χ0v) is 9.53. The van der Waals surface area contributed by atoms with Gasteiger partial charge in [0.05, 0.1) is 0 Å². The lowest BCUT2D eigenvalue weighted by Gasteiger charge is -2.08. The number of hydrogen-bond acceptors (Lipinski definition) is 4. The van der Waals surface area contributed by atoms with E-state index >= 15 is 0 Å². The average Bonchev–Trinajstić information content (AvgIpc) is 2.83. The summed E-state index contributed by atoms with van der Waals surface area (Å²) >= 11 is 0. The van der Waals surface area contributed by atoms with E-state index in [0.717, 1.165) is 19.5 Å². The number of aromatic nitrogens is 2. The largest absolute Gasteiger partial charge is 0.351 e. The average molecular weight is 236 g/mol. The van der Waals surface area contributed by atoms with Crippen molar-refractivity contribution in [1.82, 2.24) is 20.8 Å². The standard InChI is InChI=1S/C11H16N4O2/c16-10-2-1-9(14-15-10)11(17)13-6-4-8-3-5-12-7-8/h1-2,8,12H,3-7H2,(H,13,17)(H,15,16). The molecule has 0 saturated carbocycles. The summed E-state index contributed by atoms with van der Waals surface area (Å²) in [6.45, 7) is 2.75. The minimum absolute atomic E-state index is 0.243. The van der Waals surface area contributed by atoms with Crippen molar-refractivity contribution < 1.29 is 4.79 Å². The van der Waals surface area contributed by atoms with Gasteiger partial charge in [0.25, 0.3) is 11.5 Å². The molecule has 0 aliphatic carbocycles. The predicted molar refractivity (Wildman–Crippen MR) is 62.8 cm³/mol. The topological polar surface area (TPSA) is 86.9 Å². The first-order chi connectivity index (χ1) is 8.25. The number of carbonyl (C=O) groups excluding carboxylic acids is 1. The van der Waals surface area contributed by atoms with E-state index in [1.807, 2.05) is 0 Å². The molecule has 1 aromatic rings. The smallest absolute Gasteiger partial charge is 0.271 e. The Labute approximate surface area is 98.8 Å². The van der Waals surface area contributed by atoms with Gasteiger partial charge in [0.2, 0.25) is 0 Å². The van der Waals surface area contributed by atoms with Crippen LogP contribution in [0.15, 0.2) is 16.9 Å². The van der Waals surface area contributed by atoms with Gasteiger partial charge in [0.15, 0.2) is 0 Å². The maximum Gasteiger partial charge on any atom is 0.271 e. The first-order valence-corrected chi connectivity index (χ1v) is 5.80. The third kappa shape index (κ3) is 3.39. The summed E-state index contributed by atoms with van der Waals surface area (Å²) in [4.78, 5) is 22.4. The second-order valence-electron chi connectivity index (χ2n) is 4.21. The quantitative estimate of drug-likeness (QED) is 0.657. The summed E-state index contributed by atoms with van der Waals surface area (Å²) in [6.07, 6.45) is 2.15. The Kier molecular flexibility index (Phi) is 3.87. The highest BCUT2D eigenvalue weighted by molar-refractivity contribution is 5.91. The Morgan fingerprint density at radius 1 is 1.53 bits per heavy atom. The molecule has 92 valence electrons. The molecule has 2 heterocycles. The Morgan fingerprint density at radius 3 is 3.06 bits per heavy atom. The van der Waals surface area contributed by atoms with E-state index in [-0.39, 0.29) is 17.2 Å². The lowest BCUT2D eigenvalue weighted by Crippen LogP contribution is -2.28. The van der Waals surface area contributed by atoms with Gasteiger partial charge >= 0.3 is 0 Å². The maximum absolute atomic E-state index is 11.6. The first-order valence-electron chi connectivity index (χ1n) is 5.80. The normalized spacial score (nSPS) is 19.2. The second kappa shape index (κ2) is 5.58. The summed E-state index contributed by atoms with van der Waals surface area (Å²) in [5.74, 6) is 0.408. The van der Waals surface area contributed by atoms with Gasteiger partial charge in [-0.05, 0) is 37.9 Å². The van der Waals surface area contributed by atoms with Crippen LogP contribution in [0.25, 0.3) is 0 Å². The highest BCUT2D eigenvalue weighted by atomic mass is 16.2. The number of nitrogens with one attached hydrogen (secondary N) is 3. The van der Waals surface area contributed by atoms with E-state index in [4.69, 9.17) is 0 Å². The molecule has 0 aromatic carbocycles. The Morgan fingerprint density at radius 2 is 2.41 bits per heavy atom.